The molecular formula is C8H11F2N3S. The zero-order valence-electron chi connectivity index (χ0n) is 7.76. The predicted octanol–water partition coefficient (Wildman–Crippen LogP) is 2.47. The highest BCUT2D eigenvalue weighted by Crippen LogP contribution is 2.47. The third-order valence-corrected chi connectivity index (χ3v) is 2.87. The molecule has 0 saturated heterocycles. The standard InChI is InChI=1S/C8H11F2N3S/c1-2-13-6(11-12-7(13)14)5-3-8(9,10)4-5/h5H,2-4H2,1H3,(H,12,14). The molecule has 1 saturated carbocycles. The van der Waals surface area contributed by atoms with Crippen LogP contribution in [0.15, 0.2) is 0 Å². The van der Waals surface area contributed by atoms with Gasteiger partial charge in [0.15, 0.2) is 4.77 Å². The maximum atomic E-state index is 12.6. The number of nitrogens with one attached hydrogen (secondary N) is 1. The summed E-state index contributed by atoms with van der Waals surface area (Å²) in [6, 6.07) is 0. The summed E-state index contributed by atoms with van der Waals surface area (Å²) in [6.45, 7) is 2.60. The van der Waals surface area contributed by atoms with Gasteiger partial charge in [-0.1, -0.05) is 0 Å². The first-order valence-electron chi connectivity index (χ1n) is 4.56. The van der Waals surface area contributed by atoms with E-state index in [4.69, 9.17) is 12.2 Å². The molecule has 78 valence electrons. The molecule has 0 aliphatic heterocycles. The molecule has 0 amide bonds. The number of aromatic nitrogens is 3. The van der Waals surface area contributed by atoms with Crippen molar-refractivity contribution >= 4 is 12.2 Å². The van der Waals surface area contributed by atoms with Crippen molar-refractivity contribution in [1.29, 1.82) is 0 Å². The minimum atomic E-state index is -2.50. The average molecular weight is 219 g/mol. The van der Waals surface area contributed by atoms with Crippen molar-refractivity contribution < 1.29 is 8.78 Å². The Balaban J connectivity index is 2.22. The zero-order chi connectivity index (χ0) is 10.3. The lowest BCUT2D eigenvalue weighted by molar-refractivity contribution is -0.0891. The average Bonchev–Trinajstić information content (AvgIpc) is 2.42. The van der Waals surface area contributed by atoms with Crippen LogP contribution in [-0.2, 0) is 6.54 Å². The van der Waals surface area contributed by atoms with Crippen LogP contribution in [0.5, 0.6) is 0 Å². The first kappa shape index (κ1) is 9.76. The molecule has 0 spiro atoms. The van der Waals surface area contributed by atoms with Crippen LogP contribution in [0.3, 0.4) is 0 Å². The second-order valence-electron chi connectivity index (χ2n) is 3.59. The van der Waals surface area contributed by atoms with Gasteiger partial charge in [-0.25, -0.2) is 8.78 Å². The van der Waals surface area contributed by atoms with Crippen LogP contribution in [-0.4, -0.2) is 20.7 Å². The number of H-pyrrole nitrogens is 1. The van der Waals surface area contributed by atoms with Crippen molar-refractivity contribution in [2.45, 2.75) is 38.2 Å². The number of hydrogen-bond acceptors (Lipinski definition) is 2. The molecule has 6 heteroatoms. The second kappa shape index (κ2) is 3.12. The van der Waals surface area contributed by atoms with Crippen LogP contribution in [0.25, 0.3) is 0 Å². The number of alkyl halides is 2. The van der Waals surface area contributed by atoms with Gasteiger partial charge < -0.3 is 4.57 Å². The summed E-state index contributed by atoms with van der Waals surface area (Å²) in [5.41, 5.74) is 0. The van der Waals surface area contributed by atoms with Gasteiger partial charge in [0.2, 0.25) is 5.92 Å². The van der Waals surface area contributed by atoms with Gasteiger partial charge in [-0.05, 0) is 19.1 Å². The normalized spacial score (nSPS) is 20.8. The van der Waals surface area contributed by atoms with Crippen molar-refractivity contribution in [1.82, 2.24) is 14.8 Å². The Kier molecular flexibility index (Phi) is 2.17. The fourth-order valence-corrected chi connectivity index (χ4v) is 2.06. The van der Waals surface area contributed by atoms with Gasteiger partial charge in [0.1, 0.15) is 5.82 Å². The van der Waals surface area contributed by atoms with E-state index >= 15 is 0 Å². The first-order chi connectivity index (χ1) is 6.53. The quantitative estimate of drug-likeness (QED) is 0.775. The van der Waals surface area contributed by atoms with Gasteiger partial charge in [0, 0.05) is 25.3 Å². The van der Waals surface area contributed by atoms with Gasteiger partial charge in [0.25, 0.3) is 0 Å². The Morgan fingerprint density at radius 3 is 2.79 bits per heavy atom. The highest BCUT2D eigenvalue weighted by atomic mass is 32.1. The molecule has 2 rings (SSSR count). The number of nitrogens with zero attached hydrogens (tertiary/aromatic N) is 2. The highest BCUT2D eigenvalue weighted by molar-refractivity contribution is 7.71. The van der Waals surface area contributed by atoms with E-state index in [1.54, 1.807) is 4.57 Å². The lowest BCUT2D eigenvalue weighted by Crippen LogP contribution is -2.35. The Bertz CT molecular complexity index is 388. The molecule has 1 aromatic rings. The Hall–Kier alpha value is -0.780. The Morgan fingerprint density at radius 2 is 2.29 bits per heavy atom. The molecule has 14 heavy (non-hydrogen) atoms. The monoisotopic (exact) mass is 219 g/mol. The summed E-state index contributed by atoms with van der Waals surface area (Å²) in [5, 5.41) is 6.62. The zero-order valence-corrected chi connectivity index (χ0v) is 8.57. The van der Waals surface area contributed by atoms with Gasteiger partial charge in [-0.2, -0.15) is 5.10 Å². The minimum absolute atomic E-state index is 0.105. The van der Waals surface area contributed by atoms with Crippen LogP contribution < -0.4 is 0 Å². The van der Waals surface area contributed by atoms with E-state index < -0.39 is 5.92 Å². The fourth-order valence-electron chi connectivity index (χ4n) is 1.79. The largest absolute Gasteiger partial charge is 0.304 e. The summed E-state index contributed by atoms with van der Waals surface area (Å²) < 4.78 is 27.6. The molecular weight excluding hydrogens is 208 g/mol. The van der Waals surface area contributed by atoms with Gasteiger partial charge in [-0.3, -0.25) is 5.10 Å². The van der Waals surface area contributed by atoms with Crippen molar-refractivity contribution in [2.24, 2.45) is 0 Å². The molecule has 0 bridgehead atoms. The van der Waals surface area contributed by atoms with E-state index in [9.17, 15) is 8.78 Å². The van der Waals surface area contributed by atoms with E-state index in [1.807, 2.05) is 6.92 Å². The van der Waals surface area contributed by atoms with Gasteiger partial charge >= 0.3 is 0 Å². The molecule has 3 nitrogen and oxygen atoms in total. The molecule has 0 radical (unpaired) electrons. The molecule has 1 aromatic heterocycles. The molecule has 0 atom stereocenters. The summed E-state index contributed by atoms with van der Waals surface area (Å²) in [7, 11) is 0. The summed E-state index contributed by atoms with van der Waals surface area (Å²) >= 11 is 4.98. The lowest BCUT2D eigenvalue weighted by Gasteiger charge is -2.34. The van der Waals surface area contributed by atoms with Crippen molar-refractivity contribution in [3.63, 3.8) is 0 Å². The van der Waals surface area contributed by atoms with Crippen molar-refractivity contribution in [3.05, 3.63) is 10.6 Å². The van der Waals surface area contributed by atoms with E-state index in [1.165, 1.54) is 0 Å². The van der Waals surface area contributed by atoms with Crippen molar-refractivity contribution in [2.75, 3.05) is 0 Å². The maximum Gasteiger partial charge on any atom is 0.249 e. The number of aromatic amines is 1. The minimum Gasteiger partial charge on any atom is -0.304 e. The predicted molar refractivity (Wildman–Crippen MR) is 50.0 cm³/mol. The second-order valence-corrected chi connectivity index (χ2v) is 3.98. The summed E-state index contributed by atoms with van der Waals surface area (Å²) in [5.74, 6) is -1.97. The molecule has 1 fully saturated rings. The van der Waals surface area contributed by atoms with E-state index in [0.717, 1.165) is 0 Å². The molecule has 1 aliphatic rings. The van der Waals surface area contributed by atoms with Crippen LogP contribution in [0.4, 0.5) is 8.78 Å². The summed E-state index contributed by atoms with van der Waals surface area (Å²) in [4.78, 5) is 0. The van der Waals surface area contributed by atoms with E-state index in [-0.39, 0.29) is 18.8 Å². The number of hydrogen-bond donors (Lipinski definition) is 1. The third-order valence-electron chi connectivity index (χ3n) is 2.56. The molecule has 1 aliphatic carbocycles. The van der Waals surface area contributed by atoms with Crippen LogP contribution in [0.2, 0.25) is 0 Å². The Morgan fingerprint density at radius 1 is 1.64 bits per heavy atom. The third kappa shape index (κ3) is 1.47. The lowest BCUT2D eigenvalue weighted by atomic mass is 9.81. The van der Waals surface area contributed by atoms with E-state index in [2.05, 4.69) is 10.2 Å². The van der Waals surface area contributed by atoms with Gasteiger partial charge in [0.05, 0.1) is 0 Å². The Labute approximate surface area is 85.1 Å². The smallest absolute Gasteiger partial charge is 0.249 e. The number of halogens is 2. The van der Waals surface area contributed by atoms with Crippen LogP contribution >= 0.6 is 12.2 Å². The number of rotatable bonds is 2. The van der Waals surface area contributed by atoms with Crippen molar-refractivity contribution in [3.8, 4) is 0 Å². The molecule has 0 unspecified atom stereocenters. The molecule has 1 N–H and O–H groups in total. The SMILES string of the molecule is CCn1c(C2CC(F)(F)C2)n[nH]c1=S. The van der Waals surface area contributed by atoms with Gasteiger partial charge in [-0.15, -0.1) is 0 Å². The van der Waals surface area contributed by atoms with Crippen LogP contribution in [0, 0.1) is 4.77 Å². The first-order valence-corrected chi connectivity index (χ1v) is 4.97. The maximum absolute atomic E-state index is 12.6. The molecule has 0 aromatic carbocycles. The van der Waals surface area contributed by atoms with E-state index in [0.29, 0.717) is 17.1 Å². The fraction of sp³-hybridized carbons (Fsp3) is 0.750. The van der Waals surface area contributed by atoms with Crippen LogP contribution in [0.1, 0.15) is 31.5 Å². The highest BCUT2D eigenvalue weighted by Gasteiger charge is 2.47. The molecule has 1 heterocycles. The summed E-state index contributed by atoms with van der Waals surface area (Å²) in [6.07, 6.45) is -0.209. The topological polar surface area (TPSA) is 33.6 Å².